The first-order chi connectivity index (χ1) is 9.86. The Balaban J connectivity index is 2.13. The molecule has 1 aliphatic rings. The average Bonchev–Trinajstić information content (AvgIpc) is 2.91. The molecule has 4 N–H and O–H groups in total. The molecule has 3 heterocycles. The molecule has 1 aliphatic heterocycles. The van der Waals surface area contributed by atoms with Crippen LogP contribution in [0.2, 0.25) is 5.15 Å². The van der Waals surface area contributed by atoms with Gasteiger partial charge in [0.2, 0.25) is 5.95 Å². The van der Waals surface area contributed by atoms with Crippen molar-refractivity contribution in [3.8, 4) is 0 Å². The minimum absolute atomic E-state index is 0.0362. The Kier molecular flexibility index (Phi) is 3.24. The number of aromatic nitrogens is 4. The molecule has 0 bridgehead atoms. The lowest BCUT2D eigenvalue weighted by Gasteiger charge is -2.24. The molecule has 0 aliphatic carbocycles. The van der Waals surface area contributed by atoms with E-state index in [-0.39, 0.29) is 22.3 Å². The number of aliphatic hydroxyl groups is 2. The molecule has 8 nitrogen and oxygen atoms in total. The molecule has 0 radical (unpaired) electrons. The van der Waals surface area contributed by atoms with Crippen molar-refractivity contribution in [3.05, 3.63) is 11.5 Å². The van der Waals surface area contributed by atoms with Gasteiger partial charge >= 0.3 is 0 Å². The van der Waals surface area contributed by atoms with Gasteiger partial charge in [-0.05, 0) is 6.92 Å². The highest BCUT2D eigenvalue weighted by Gasteiger charge is 2.55. The highest BCUT2D eigenvalue weighted by Crippen LogP contribution is 2.42. The van der Waals surface area contributed by atoms with Crippen LogP contribution in [0, 0.1) is 0 Å². The standard InChI is InChI=1S/C11H13ClFN5O3/c1-11(13)6(20)4(2-19)21-9(11)18-3-15-5-7(12)16-10(14)17-8(5)18/h3-4,6,9,19-20H,2H2,1H3,(H2,14,16,17)/t4-,6-,9+,11-/m1/s1. The van der Waals surface area contributed by atoms with Crippen molar-refractivity contribution in [1.82, 2.24) is 19.5 Å². The lowest BCUT2D eigenvalue weighted by molar-refractivity contribution is -0.0566. The summed E-state index contributed by atoms with van der Waals surface area (Å²) in [4.78, 5) is 11.7. The Hall–Kier alpha value is -1.55. The highest BCUT2D eigenvalue weighted by atomic mass is 35.5. The number of nitrogen functional groups attached to an aromatic ring is 1. The molecule has 1 saturated heterocycles. The van der Waals surface area contributed by atoms with Crippen molar-refractivity contribution in [1.29, 1.82) is 0 Å². The van der Waals surface area contributed by atoms with Crippen LogP contribution in [0.15, 0.2) is 6.33 Å². The Labute approximate surface area is 123 Å². The zero-order chi connectivity index (χ0) is 15.4. The van der Waals surface area contributed by atoms with Crippen LogP contribution in [-0.4, -0.2) is 54.2 Å². The number of hydrogen-bond donors (Lipinski definition) is 3. The molecule has 3 rings (SSSR count). The van der Waals surface area contributed by atoms with E-state index < -0.39 is 30.7 Å². The maximum absolute atomic E-state index is 14.8. The molecular weight excluding hydrogens is 305 g/mol. The van der Waals surface area contributed by atoms with Gasteiger partial charge in [-0.25, -0.2) is 9.37 Å². The zero-order valence-corrected chi connectivity index (χ0v) is 11.7. The van der Waals surface area contributed by atoms with E-state index in [9.17, 15) is 9.50 Å². The SMILES string of the molecule is C[C@@]1(F)[C@H](O)[C@@H](CO)O[C@@H]1n1cnc2c(Cl)nc(N)nc21. The first kappa shape index (κ1) is 14.4. The molecule has 0 unspecified atom stereocenters. The van der Waals surface area contributed by atoms with E-state index in [1.54, 1.807) is 0 Å². The first-order valence-electron chi connectivity index (χ1n) is 6.15. The van der Waals surface area contributed by atoms with E-state index in [2.05, 4.69) is 15.0 Å². The summed E-state index contributed by atoms with van der Waals surface area (Å²) in [5.74, 6) is -0.0907. The van der Waals surface area contributed by atoms with Crippen molar-refractivity contribution < 1.29 is 19.3 Å². The number of alkyl halides is 1. The fraction of sp³-hybridized carbons (Fsp3) is 0.545. The van der Waals surface area contributed by atoms with Crippen LogP contribution in [0.3, 0.4) is 0 Å². The predicted octanol–water partition coefficient (Wildman–Crippen LogP) is 0.0407. The molecule has 1 fully saturated rings. The average molecular weight is 318 g/mol. The van der Waals surface area contributed by atoms with E-state index in [0.29, 0.717) is 0 Å². The lowest BCUT2D eigenvalue weighted by atomic mass is 9.99. The van der Waals surface area contributed by atoms with E-state index in [1.807, 2.05) is 0 Å². The maximum atomic E-state index is 14.8. The fourth-order valence-electron chi connectivity index (χ4n) is 2.43. The third kappa shape index (κ3) is 2.04. The minimum Gasteiger partial charge on any atom is -0.394 e. The topological polar surface area (TPSA) is 119 Å². The van der Waals surface area contributed by atoms with Crippen LogP contribution in [0.25, 0.3) is 11.2 Å². The smallest absolute Gasteiger partial charge is 0.223 e. The summed E-state index contributed by atoms with van der Waals surface area (Å²) in [6.45, 7) is 0.664. The molecule has 0 spiro atoms. The van der Waals surface area contributed by atoms with Crippen molar-refractivity contribution in [2.24, 2.45) is 0 Å². The second-order valence-electron chi connectivity index (χ2n) is 5.00. The van der Waals surface area contributed by atoms with Crippen LogP contribution in [0.4, 0.5) is 10.3 Å². The maximum Gasteiger partial charge on any atom is 0.223 e. The zero-order valence-electron chi connectivity index (χ0n) is 10.9. The van der Waals surface area contributed by atoms with Crippen LogP contribution >= 0.6 is 11.6 Å². The van der Waals surface area contributed by atoms with Gasteiger partial charge in [0, 0.05) is 0 Å². The van der Waals surface area contributed by atoms with Crippen molar-refractivity contribution in [3.63, 3.8) is 0 Å². The van der Waals surface area contributed by atoms with Gasteiger partial charge in [-0.3, -0.25) is 4.57 Å². The number of nitrogens with zero attached hydrogens (tertiary/aromatic N) is 4. The molecule has 21 heavy (non-hydrogen) atoms. The number of hydrogen-bond acceptors (Lipinski definition) is 7. The molecule has 114 valence electrons. The molecule has 10 heteroatoms. The largest absolute Gasteiger partial charge is 0.394 e. The normalized spacial score (nSPS) is 32.9. The third-order valence-corrected chi connectivity index (χ3v) is 3.81. The van der Waals surface area contributed by atoms with Gasteiger partial charge in [0.05, 0.1) is 12.9 Å². The van der Waals surface area contributed by atoms with Gasteiger partial charge in [0.1, 0.15) is 17.7 Å². The molecule has 2 aromatic rings. The summed E-state index contributed by atoms with van der Waals surface area (Å²) < 4.78 is 21.4. The van der Waals surface area contributed by atoms with Gasteiger partial charge in [-0.2, -0.15) is 9.97 Å². The van der Waals surface area contributed by atoms with Crippen LogP contribution in [0.5, 0.6) is 0 Å². The number of imidazole rings is 1. The minimum atomic E-state index is -2.15. The number of nitrogens with two attached hydrogens (primary N) is 1. The lowest BCUT2D eigenvalue weighted by Crippen LogP contribution is -2.40. The number of rotatable bonds is 2. The van der Waals surface area contributed by atoms with E-state index in [1.165, 1.54) is 17.8 Å². The van der Waals surface area contributed by atoms with Gasteiger partial charge in [0.25, 0.3) is 0 Å². The van der Waals surface area contributed by atoms with E-state index in [4.69, 9.17) is 27.2 Å². The van der Waals surface area contributed by atoms with Crippen molar-refractivity contribution in [2.45, 2.75) is 31.0 Å². The third-order valence-electron chi connectivity index (χ3n) is 3.55. The monoisotopic (exact) mass is 317 g/mol. The van der Waals surface area contributed by atoms with Gasteiger partial charge in [-0.15, -0.1) is 0 Å². The van der Waals surface area contributed by atoms with Crippen LogP contribution < -0.4 is 5.73 Å². The van der Waals surface area contributed by atoms with Gasteiger partial charge in [0.15, 0.2) is 22.7 Å². The first-order valence-corrected chi connectivity index (χ1v) is 6.53. The summed E-state index contributed by atoms with van der Waals surface area (Å²) in [6.07, 6.45) is -2.48. The molecule has 0 aromatic carbocycles. The predicted molar refractivity (Wildman–Crippen MR) is 71.3 cm³/mol. The Morgan fingerprint density at radius 1 is 1.57 bits per heavy atom. The van der Waals surface area contributed by atoms with E-state index >= 15 is 0 Å². The van der Waals surface area contributed by atoms with E-state index in [0.717, 1.165) is 0 Å². The van der Waals surface area contributed by atoms with Gasteiger partial charge < -0.3 is 20.7 Å². The Morgan fingerprint density at radius 2 is 2.29 bits per heavy atom. The Bertz CT molecular complexity index is 694. The number of aliphatic hydroxyl groups excluding tert-OH is 2. The second kappa shape index (κ2) is 4.73. The number of fused-ring (bicyclic) bond motifs is 1. The van der Waals surface area contributed by atoms with Crippen molar-refractivity contribution >= 4 is 28.7 Å². The highest BCUT2D eigenvalue weighted by molar-refractivity contribution is 6.33. The number of halogens is 2. The summed E-state index contributed by atoms with van der Waals surface area (Å²) >= 11 is 5.91. The summed E-state index contributed by atoms with van der Waals surface area (Å²) in [6, 6.07) is 0. The summed E-state index contributed by atoms with van der Waals surface area (Å²) in [5.41, 5.74) is 3.81. The molecule has 2 aromatic heterocycles. The molecular formula is C11H13ClFN5O3. The molecule has 0 amide bonds. The number of ether oxygens (including phenoxy) is 1. The van der Waals surface area contributed by atoms with Crippen LogP contribution in [-0.2, 0) is 4.74 Å². The van der Waals surface area contributed by atoms with Gasteiger partial charge in [-0.1, -0.05) is 11.6 Å². The summed E-state index contributed by atoms with van der Waals surface area (Å²) in [5, 5.41) is 19.1. The second-order valence-corrected chi connectivity index (χ2v) is 5.36. The summed E-state index contributed by atoms with van der Waals surface area (Å²) in [7, 11) is 0. The van der Waals surface area contributed by atoms with Crippen molar-refractivity contribution in [2.75, 3.05) is 12.3 Å². The Morgan fingerprint density at radius 3 is 2.90 bits per heavy atom. The molecule has 4 atom stereocenters. The quantitative estimate of drug-likeness (QED) is 0.669. The fourth-order valence-corrected chi connectivity index (χ4v) is 2.65. The number of anilines is 1. The van der Waals surface area contributed by atoms with Crippen LogP contribution in [0.1, 0.15) is 13.2 Å². The molecule has 0 saturated carbocycles.